The second kappa shape index (κ2) is 7.81. The van der Waals surface area contributed by atoms with Crippen LogP contribution in [-0.4, -0.2) is 31.4 Å². The number of benzene rings is 3. The molecule has 0 bridgehead atoms. The molecule has 0 heterocycles. The molecule has 1 atom stereocenters. The molecule has 1 amide bonds. The van der Waals surface area contributed by atoms with Crippen LogP contribution in [-0.2, 0) is 0 Å². The molecule has 0 aliphatic rings. The van der Waals surface area contributed by atoms with Crippen molar-refractivity contribution in [2.75, 3.05) is 20.6 Å². The topological polar surface area (TPSA) is 32.3 Å². The molecule has 0 unspecified atom stereocenters. The predicted octanol–water partition coefficient (Wildman–Crippen LogP) is 4.64. The molecule has 1 N–H and O–H groups in total. The lowest BCUT2D eigenvalue weighted by molar-refractivity contribution is 0.0942. The number of amides is 1. The van der Waals surface area contributed by atoms with Gasteiger partial charge in [-0.05, 0) is 54.7 Å². The zero-order valence-corrected chi connectivity index (χ0v) is 16.0. The third-order valence-electron chi connectivity index (χ3n) is 4.37. The molecule has 0 aromatic heterocycles. The molecule has 0 radical (unpaired) electrons. The van der Waals surface area contributed by atoms with Crippen LogP contribution in [0.15, 0.2) is 71.2 Å². The number of rotatable bonds is 5. The quantitative estimate of drug-likeness (QED) is 0.681. The van der Waals surface area contributed by atoms with Crippen molar-refractivity contribution in [3.8, 4) is 0 Å². The molecule has 0 fully saturated rings. The number of carbonyl (C=O) groups excluding carboxylic acids is 1. The molecule has 3 nitrogen and oxygen atoms in total. The summed E-state index contributed by atoms with van der Waals surface area (Å²) < 4.78 is 0.964. The van der Waals surface area contributed by atoms with E-state index in [1.165, 1.54) is 16.3 Å². The van der Waals surface area contributed by atoms with Gasteiger partial charge in [0, 0.05) is 16.6 Å². The molecule has 0 saturated carbocycles. The summed E-state index contributed by atoms with van der Waals surface area (Å²) in [6.07, 6.45) is 0. The number of nitrogens with one attached hydrogen (secondary N) is 1. The lowest BCUT2D eigenvalue weighted by Crippen LogP contribution is -2.34. The van der Waals surface area contributed by atoms with Crippen LogP contribution in [0.2, 0.25) is 0 Å². The van der Waals surface area contributed by atoms with Gasteiger partial charge in [0.1, 0.15) is 0 Å². The minimum absolute atomic E-state index is 0.0559. The normalized spacial score (nSPS) is 12.3. The summed E-state index contributed by atoms with van der Waals surface area (Å²) in [5.41, 5.74) is 1.89. The third kappa shape index (κ3) is 4.09. The minimum atomic E-state index is -0.0559. The first-order chi connectivity index (χ1) is 12.1. The van der Waals surface area contributed by atoms with E-state index in [4.69, 9.17) is 0 Å². The summed E-state index contributed by atoms with van der Waals surface area (Å²) in [5.74, 6) is -0.0559. The molecule has 3 rings (SSSR count). The number of nitrogens with zero attached hydrogens (tertiary/aromatic N) is 1. The lowest BCUT2D eigenvalue weighted by Gasteiger charge is -2.26. The number of hydrogen-bond donors (Lipinski definition) is 1. The Labute approximate surface area is 156 Å². The van der Waals surface area contributed by atoms with Crippen molar-refractivity contribution in [1.29, 1.82) is 0 Å². The fourth-order valence-corrected chi connectivity index (χ4v) is 3.27. The van der Waals surface area contributed by atoms with Crippen LogP contribution in [0.1, 0.15) is 22.0 Å². The first kappa shape index (κ1) is 17.6. The van der Waals surface area contributed by atoms with Gasteiger partial charge in [-0.25, -0.2) is 0 Å². The van der Waals surface area contributed by atoms with Crippen LogP contribution in [0, 0.1) is 0 Å². The van der Waals surface area contributed by atoms with E-state index in [0.717, 1.165) is 4.47 Å². The fourth-order valence-electron chi connectivity index (χ4n) is 3.00. The molecule has 0 spiro atoms. The Hall–Kier alpha value is -2.17. The summed E-state index contributed by atoms with van der Waals surface area (Å²) in [7, 11) is 4.08. The maximum Gasteiger partial charge on any atom is 0.251 e. The first-order valence-corrected chi connectivity index (χ1v) is 9.03. The number of carbonyl (C=O) groups is 1. The van der Waals surface area contributed by atoms with Crippen LogP contribution in [0.5, 0.6) is 0 Å². The van der Waals surface area contributed by atoms with Crippen LogP contribution in [0.3, 0.4) is 0 Å². The smallest absolute Gasteiger partial charge is 0.251 e. The number of halogens is 1. The minimum Gasteiger partial charge on any atom is -0.350 e. The summed E-state index contributed by atoms with van der Waals surface area (Å²) in [6.45, 7) is 0.551. The Morgan fingerprint density at radius 3 is 2.40 bits per heavy atom. The second-order valence-electron chi connectivity index (χ2n) is 6.26. The van der Waals surface area contributed by atoms with E-state index in [0.29, 0.717) is 12.1 Å². The Balaban J connectivity index is 1.82. The SMILES string of the molecule is CN(C)[C@H](CNC(=O)c1ccc(Br)cc1)c1cccc2ccccc12. The molecule has 4 heteroatoms. The average molecular weight is 397 g/mol. The highest BCUT2D eigenvalue weighted by Gasteiger charge is 2.18. The van der Waals surface area contributed by atoms with Crippen molar-refractivity contribution in [2.45, 2.75) is 6.04 Å². The van der Waals surface area contributed by atoms with Crippen molar-refractivity contribution >= 4 is 32.6 Å². The maximum atomic E-state index is 12.4. The van der Waals surface area contributed by atoms with Gasteiger partial charge in [-0.15, -0.1) is 0 Å². The summed E-state index contributed by atoms with van der Waals surface area (Å²) in [4.78, 5) is 14.6. The molecular formula is C21H21BrN2O. The van der Waals surface area contributed by atoms with Crippen LogP contribution >= 0.6 is 15.9 Å². The maximum absolute atomic E-state index is 12.4. The number of fused-ring (bicyclic) bond motifs is 1. The van der Waals surface area contributed by atoms with Crippen molar-refractivity contribution in [3.05, 3.63) is 82.3 Å². The van der Waals surface area contributed by atoms with Gasteiger partial charge in [-0.1, -0.05) is 58.4 Å². The van der Waals surface area contributed by atoms with Crippen LogP contribution in [0.25, 0.3) is 10.8 Å². The highest BCUT2D eigenvalue weighted by atomic mass is 79.9. The van der Waals surface area contributed by atoms with E-state index < -0.39 is 0 Å². The fraction of sp³-hybridized carbons (Fsp3) is 0.190. The van der Waals surface area contributed by atoms with Gasteiger partial charge in [0.05, 0.1) is 6.04 Å². The molecular weight excluding hydrogens is 376 g/mol. The van der Waals surface area contributed by atoms with E-state index in [-0.39, 0.29) is 11.9 Å². The zero-order chi connectivity index (χ0) is 17.8. The molecule has 3 aromatic carbocycles. The highest BCUT2D eigenvalue weighted by Crippen LogP contribution is 2.26. The number of likely N-dealkylation sites (N-methyl/N-ethyl adjacent to an activating group) is 1. The van der Waals surface area contributed by atoms with Crippen LogP contribution in [0.4, 0.5) is 0 Å². The van der Waals surface area contributed by atoms with Gasteiger partial charge in [0.25, 0.3) is 5.91 Å². The Kier molecular flexibility index (Phi) is 5.51. The van der Waals surface area contributed by atoms with Gasteiger partial charge < -0.3 is 10.2 Å². The molecule has 25 heavy (non-hydrogen) atoms. The van der Waals surface area contributed by atoms with Crippen molar-refractivity contribution in [1.82, 2.24) is 10.2 Å². The lowest BCUT2D eigenvalue weighted by atomic mass is 9.98. The summed E-state index contributed by atoms with van der Waals surface area (Å²) in [5, 5.41) is 5.50. The standard InChI is InChI=1S/C21H21BrN2O/c1-24(2)20(14-23-21(25)16-10-12-17(22)13-11-16)19-9-5-7-15-6-3-4-8-18(15)19/h3-13,20H,14H2,1-2H3,(H,23,25)/t20-/m1/s1. The molecule has 0 aliphatic heterocycles. The van der Waals surface area contributed by atoms with Crippen LogP contribution < -0.4 is 5.32 Å². The molecule has 0 aliphatic carbocycles. The van der Waals surface area contributed by atoms with Crippen molar-refractivity contribution in [3.63, 3.8) is 0 Å². The third-order valence-corrected chi connectivity index (χ3v) is 4.90. The predicted molar refractivity (Wildman–Crippen MR) is 107 cm³/mol. The molecule has 128 valence electrons. The average Bonchev–Trinajstić information content (AvgIpc) is 2.62. The van der Waals surface area contributed by atoms with Crippen molar-refractivity contribution in [2.24, 2.45) is 0 Å². The summed E-state index contributed by atoms with van der Waals surface area (Å²) >= 11 is 3.39. The molecule has 3 aromatic rings. The van der Waals surface area contributed by atoms with E-state index in [9.17, 15) is 4.79 Å². The Morgan fingerprint density at radius 1 is 1.00 bits per heavy atom. The Morgan fingerprint density at radius 2 is 1.68 bits per heavy atom. The highest BCUT2D eigenvalue weighted by molar-refractivity contribution is 9.10. The van der Waals surface area contributed by atoms with Gasteiger partial charge in [0.15, 0.2) is 0 Å². The Bertz CT molecular complexity index is 869. The van der Waals surface area contributed by atoms with E-state index in [2.05, 4.69) is 62.5 Å². The van der Waals surface area contributed by atoms with E-state index in [1.807, 2.05) is 44.4 Å². The monoisotopic (exact) mass is 396 g/mol. The largest absolute Gasteiger partial charge is 0.350 e. The first-order valence-electron chi connectivity index (χ1n) is 8.24. The van der Waals surface area contributed by atoms with Crippen molar-refractivity contribution < 1.29 is 4.79 Å². The van der Waals surface area contributed by atoms with Gasteiger partial charge in [-0.3, -0.25) is 4.79 Å². The zero-order valence-electron chi connectivity index (χ0n) is 14.4. The van der Waals surface area contributed by atoms with Gasteiger partial charge >= 0.3 is 0 Å². The summed E-state index contributed by atoms with van der Waals surface area (Å²) in [6, 6.07) is 22.2. The molecule has 0 saturated heterocycles. The van der Waals surface area contributed by atoms with Gasteiger partial charge in [-0.2, -0.15) is 0 Å². The second-order valence-corrected chi connectivity index (χ2v) is 7.18. The van der Waals surface area contributed by atoms with E-state index >= 15 is 0 Å². The number of hydrogen-bond acceptors (Lipinski definition) is 2. The van der Waals surface area contributed by atoms with E-state index in [1.54, 1.807) is 0 Å². The van der Waals surface area contributed by atoms with Gasteiger partial charge in [0.2, 0.25) is 0 Å².